The predicted octanol–water partition coefficient (Wildman–Crippen LogP) is 1.86. The lowest BCUT2D eigenvalue weighted by Gasteiger charge is -2.26. The number of benzene rings is 1. The van der Waals surface area contributed by atoms with Gasteiger partial charge in [-0.05, 0) is 19.4 Å². The number of aliphatic hydroxyl groups excluding tert-OH is 1. The summed E-state index contributed by atoms with van der Waals surface area (Å²) in [4.78, 5) is 12.0. The van der Waals surface area contributed by atoms with E-state index in [9.17, 15) is 15.2 Å². The molecule has 1 aromatic carbocycles. The van der Waals surface area contributed by atoms with Crippen molar-refractivity contribution in [3.05, 3.63) is 39.9 Å². The van der Waals surface area contributed by atoms with Crippen LogP contribution in [0.15, 0.2) is 24.3 Å². The molecule has 0 fully saturated rings. The molecule has 0 aromatic heterocycles. The number of nitriles is 1. The maximum Gasteiger partial charge on any atom is 0.269 e. The summed E-state index contributed by atoms with van der Waals surface area (Å²) in [5.74, 6) is 0. The summed E-state index contributed by atoms with van der Waals surface area (Å²) in [5, 5.41) is 29.5. The van der Waals surface area contributed by atoms with Crippen molar-refractivity contribution in [1.82, 2.24) is 4.90 Å². The Balaban J connectivity index is 2.82. The Morgan fingerprint density at radius 2 is 2.21 bits per heavy atom. The first-order chi connectivity index (χ1) is 8.95. The van der Waals surface area contributed by atoms with Crippen LogP contribution in [0, 0.1) is 21.4 Å². The molecular formula is C13H17N3O3. The Labute approximate surface area is 112 Å². The molecule has 0 spiro atoms. The second-order valence-corrected chi connectivity index (χ2v) is 4.55. The predicted molar refractivity (Wildman–Crippen MR) is 70.4 cm³/mol. The lowest BCUT2D eigenvalue weighted by atomic mass is 10.1. The average Bonchev–Trinajstić information content (AvgIpc) is 2.38. The standard InChI is InChI=1S/C13H17N3O3/c1-10(2)15(7-6-14)9-13(17)11-4-3-5-12(8-11)16(18)19/h3-5,8,10,13,17H,7,9H2,1-2H3. The Bertz CT molecular complexity index is 482. The summed E-state index contributed by atoms with van der Waals surface area (Å²) in [6.45, 7) is 4.34. The monoisotopic (exact) mass is 263 g/mol. The summed E-state index contributed by atoms with van der Waals surface area (Å²) in [6, 6.07) is 8.08. The van der Waals surface area contributed by atoms with Gasteiger partial charge in [-0.25, -0.2) is 0 Å². The molecule has 1 unspecified atom stereocenters. The summed E-state index contributed by atoms with van der Waals surface area (Å²) >= 11 is 0. The molecule has 0 amide bonds. The quantitative estimate of drug-likeness (QED) is 0.480. The number of hydrogen-bond acceptors (Lipinski definition) is 5. The minimum absolute atomic E-state index is 0.0482. The van der Waals surface area contributed by atoms with Crippen molar-refractivity contribution in [2.75, 3.05) is 13.1 Å². The van der Waals surface area contributed by atoms with E-state index in [4.69, 9.17) is 5.26 Å². The number of non-ortho nitro benzene ring substituents is 1. The third-order valence-electron chi connectivity index (χ3n) is 2.88. The van der Waals surface area contributed by atoms with Crippen LogP contribution in [0.2, 0.25) is 0 Å². The minimum atomic E-state index is -0.851. The maximum atomic E-state index is 10.7. The van der Waals surface area contributed by atoms with Gasteiger partial charge in [0.15, 0.2) is 0 Å². The van der Waals surface area contributed by atoms with Crippen LogP contribution in [0.4, 0.5) is 5.69 Å². The van der Waals surface area contributed by atoms with Gasteiger partial charge in [-0.3, -0.25) is 15.0 Å². The van der Waals surface area contributed by atoms with E-state index in [1.54, 1.807) is 12.1 Å². The molecule has 0 heterocycles. The molecule has 1 atom stereocenters. The molecule has 0 aliphatic rings. The van der Waals surface area contributed by atoms with Gasteiger partial charge >= 0.3 is 0 Å². The highest BCUT2D eigenvalue weighted by Gasteiger charge is 2.17. The van der Waals surface area contributed by atoms with E-state index < -0.39 is 11.0 Å². The van der Waals surface area contributed by atoms with Crippen LogP contribution in [0.1, 0.15) is 25.5 Å². The van der Waals surface area contributed by atoms with Crippen molar-refractivity contribution in [2.24, 2.45) is 0 Å². The lowest BCUT2D eigenvalue weighted by Crippen LogP contribution is -2.35. The highest BCUT2D eigenvalue weighted by molar-refractivity contribution is 5.35. The van der Waals surface area contributed by atoms with Crippen LogP contribution in [-0.2, 0) is 0 Å². The van der Waals surface area contributed by atoms with Crippen LogP contribution in [0.25, 0.3) is 0 Å². The third kappa shape index (κ3) is 4.32. The zero-order valence-electron chi connectivity index (χ0n) is 11.0. The molecule has 0 aliphatic heterocycles. The molecule has 0 aliphatic carbocycles. The van der Waals surface area contributed by atoms with E-state index in [0.29, 0.717) is 5.56 Å². The van der Waals surface area contributed by atoms with Gasteiger partial charge in [0.05, 0.1) is 23.6 Å². The molecule has 0 bridgehead atoms. The smallest absolute Gasteiger partial charge is 0.269 e. The maximum absolute atomic E-state index is 10.7. The normalized spacial score (nSPS) is 12.4. The van der Waals surface area contributed by atoms with Gasteiger partial charge in [-0.1, -0.05) is 12.1 Å². The Morgan fingerprint density at radius 3 is 2.74 bits per heavy atom. The van der Waals surface area contributed by atoms with E-state index in [0.717, 1.165) is 0 Å². The highest BCUT2D eigenvalue weighted by Crippen LogP contribution is 2.20. The first-order valence-electron chi connectivity index (χ1n) is 5.99. The van der Waals surface area contributed by atoms with E-state index in [2.05, 4.69) is 0 Å². The molecule has 102 valence electrons. The van der Waals surface area contributed by atoms with Gasteiger partial charge in [-0.2, -0.15) is 5.26 Å². The number of nitro groups is 1. The number of rotatable bonds is 6. The van der Waals surface area contributed by atoms with E-state index in [1.807, 2.05) is 24.8 Å². The summed E-state index contributed by atoms with van der Waals surface area (Å²) < 4.78 is 0. The fourth-order valence-corrected chi connectivity index (χ4v) is 1.72. The average molecular weight is 263 g/mol. The van der Waals surface area contributed by atoms with Crippen molar-refractivity contribution >= 4 is 5.69 Å². The van der Waals surface area contributed by atoms with Crippen molar-refractivity contribution in [3.8, 4) is 6.07 Å². The number of hydrogen-bond donors (Lipinski definition) is 1. The van der Waals surface area contributed by atoms with E-state index >= 15 is 0 Å². The second kappa shape index (κ2) is 6.83. The van der Waals surface area contributed by atoms with Crippen LogP contribution in [0.3, 0.4) is 0 Å². The van der Waals surface area contributed by atoms with Gasteiger partial charge in [0.25, 0.3) is 5.69 Å². The van der Waals surface area contributed by atoms with Crippen molar-refractivity contribution in [2.45, 2.75) is 26.0 Å². The molecule has 6 nitrogen and oxygen atoms in total. The second-order valence-electron chi connectivity index (χ2n) is 4.55. The largest absolute Gasteiger partial charge is 0.387 e. The molecule has 1 rings (SSSR count). The Morgan fingerprint density at radius 1 is 1.53 bits per heavy atom. The van der Waals surface area contributed by atoms with E-state index in [1.165, 1.54) is 12.1 Å². The Hall–Kier alpha value is -1.97. The number of nitro benzene ring substituents is 1. The molecule has 1 N–H and O–H groups in total. The summed E-state index contributed by atoms with van der Waals surface area (Å²) in [6.07, 6.45) is -0.851. The third-order valence-corrected chi connectivity index (χ3v) is 2.88. The van der Waals surface area contributed by atoms with Gasteiger partial charge in [0, 0.05) is 24.7 Å². The van der Waals surface area contributed by atoms with Crippen molar-refractivity contribution in [3.63, 3.8) is 0 Å². The number of aliphatic hydroxyl groups is 1. The van der Waals surface area contributed by atoms with Crippen LogP contribution >= 0.6 is 0 Å². The molecule has 0 saturated carbocycles. The molecule has 0 radical (unpaired) electrons. The molecular weight excluding hydrogens is 246 g/mol. The van der Waals surface area contributed by atoms with Crippen LogP contribution < -0.4 is 0 Å². The van der Waals surface area contributed by atoms with Gasteiger partial charge in [0.1, 0.15) is 0 Å². The molecule has 1 aromatic rings. The SMILES string of the molecule is CC(C)N(CC#N)CC(O)c1cccc([N+](=O)[O-])c1. The first kappa shape index (κ1) is 15.1. The Kier molecular flexibility index (Phi) is 5.42. The fourth-order valence-electron chi connectivity index (χ4n) is 1.72. The topological polar surface area (TPSA) is 90.4 Å². The molecule has 6 heteroatoms. The highest BCUT2D eigenvalue weighted by atomic mass is 16.6. The minimum Gasteiger partial charge on any atom is -0.387 e. The zero-order valence-corrected chi connectivity index (χ0v) is 11.0. The van der Waals surface area contributed by atoms with E-state index in [-0.39, 0.29) is 24.8 Å². The van der Waals surface area contributed by atoms with Gasteiger partial charge < -0.3 is 5.11 Å². The van der Waals surface area contributed by atoms with Crippen molar-refractivity contribution in [1.29, 1.82) is 5.26 Å². The van der Waals surface area contributed by atoms with Crippen LogP contribution in [-0.4, -0.2) is 34.1 Å². The summed E-state index contributed by atoms with van der Waals surface area (Å²) in [7, 11) is 0. The fraction of sp³-hybridized carbons (Fsp3) is 0.462. The zero-order chi connectivity index (χ0) is 14.4. The number of nitrogens with zero attached hydrogens (tertiary/aromatic N) is 3. The van der Waals surface area contributed by atoms with Crippen molar-refractivity contribution < 1.29 is 10.0 Å². The van der Waals surface area contributed by atoms with Gasteiger partial charge in [-0.15, -0.1) is 0 Å². The lowest BCUT2D eigenvalue weighted by molar-refractivity contribution is -0.385. The first-order valence-corrected chi connectivity index (χ1v) is 5.99. The molecule has 19 heavy (non-hydrogen) atoms. The molecule has 0 saturated heterocycles. The summed E-state index contributed by atoms with van der Waals surface area (Å²) in [5.41, 5.74) is 0.436. The van der Waals surface area contributed by atoms with Crippen LogP contribution in [0.5, 0.6) is 0 Å². The van der Waals surface area contributed by atoms with Gasteiger partial charge in [0.2, 0.25) is 0 Å².